The lowest BCUT2D eigenvalue weighted by molar-refractivity contribution is -0.385. The van der Waals surface area contributed by atoms with E-state index in [0.29, 0.717) is 18.5 Å². The Labute approximate surface area is 128 Å². The summed E-state index contributed by atoms with van der Waals surface area (Å²) in [4.78, 5) is 21.4. The average molecular weight is 308 g/mol. The van der Waals surface area contributed by atoms with E-state index in [9.17, 15) is 20.0 Å². The summed E-state index contributed by atoms with van der Waals surface area (Å²) in [5.41, 5.74) is -0.277. The van der Waals surface area contributed by atoms with Crippen LogP contribution in [0.5, 0.6) is 5.75 Å². The molecule has 0 spiro atoms. The highest BCUT2D eigenvalue weighted by molar-refractivity contribution is 5.67. The third kappa shape index (κ3) is 6.25. The van der Waals surface area contributed by atoms with E-state index < -0.39 is 16.6 Å². The molecule has 1 amide bonds. The third-order valence-corrected chi connectivity index (χ3v) is 2.49. The number of ether oxygens (including phenoxy) is 1. The van der Waals surface area contributed by atoms with Gasteiger partial charge in [-0.05, 0) is 38.8 Å². The molecule has 7 nitrogen and oxygen atoms in total. The van der Waals surface area contributed by atoms with Crippen LogP contribution in [0.25, 0.3) is 6.08 Å². The lowest BCUT2D eigenvalue weighted by atomic mass is 10.1. The summed E-state index contributed by atoms with van der Waals surface area (Å²) in [7, 11) is 0. The largest absolute Gasteiger partial charge is 0.502 e. The summed E-state index contributed by atoms with van der Waals surface area (Å²) in [5.74, 6) is -0.367. The number of hydrogen-bond acceptors (Lipinski definition) is 5. The maximum Gasteiger partial charge on any atom is 0.407 e. The maximum atomic E-state index is 11.4. The minimum atomic E-state index is -0.642. The number of nitrogens with one attached hydrogen (secondary N) is 1. The number of benzene rings is 1. The van der Waals surface area contributed by atoms with Gasteiger partial charge >= 0.3 is 11.8 Å². The molecule has 2 N–H and O–H groups in total. The number of hydrogen-bond donors (Lipinski definition) is 2. The lowest BCUT2D eigenvalue weighted by Crippen LogP contribution is -2.32. The fourth-order valence-electron chi connectivity index (χ4n) is 1.58. The van der Waals surface area contributed by atoms with E-state index >= 15 is 0 Å². The Balaban J connectivity index is 2.45. The Bertz CT molecular complexity index is 576. The molecule has 1 rings (SSSR count). The first-order valence-electron chi connectivity index (χ1n) is 6.80. The molecule has 0 fully saturated rings. The molecular formula is C15H20N2O5. The first-order chi connectivity index (χ1) is 10.2. The second-order valence-electron chi connectivity index (χ2n) is 5.62. The van der Waals surface area contributed by atoms with E-state index in [1.807, 2.05) is 0 Å². The Kier molecular flexibility index (Phi) is 5.91. The number of alkyl carbamates (subject to hydrolysis) is 1. The van der Waals surface area contributed by atoms with Crippen molar-refractivity contribution in [1.82, 2.24) is 5.32 Å². The van der Waals surface area contributed by atoms with E-state index in [4.69, 9.17) is 4.74 Å². The molecule has 0 radical (unpaired) electrons. The van der Waals surface area contributed by atoms with Crippen LogP contribution in [0.3, 0.4) is 0 Å². The molecule has 0 atom stereocenters. The van der Waals surface area contributed by atoms with E-state index in [2.05, 4.69) is 5.32 Å². The Morgan fingerprint density at radius 2 is 2.14 bits per heavy atom. The van der Waals surface area contributed by atoms with Gasteiger partial charge in [0.1, 0.15) is 5.60 Å². The van der Waals surface area contributed by atoms with Crippen LogP contribution in [0.1, 0.15) is 32.8 Å². The zero-order valence-corrected chi connectivity index (χ0v) is 12.8. The van der Waals surface area contributed by atoms with Gasteiger partial charge < -0.3 is 15.2 Å². The fraction of sp³-hybridized carbons (Fsp3) is 0.400. The summed E-state index contributed by atoms with van der Waals surface area (Å²) < 4.78 is 5.08. The normalized spacial score (nSPS) is 11.4. The van der Waals surface area contributed by atoms with Crippen LogP contribution in [-0.4, -0.2) is 28.3 Å². The second kappa shape index (κ2) is 7.44. The highest BCUT2D eigenvalue weighted by Crippen LogP contribution is 2.26. The minimum Gasteiger partial charge on any atom is -0.502 e. The van der Waals surface area contributed by atoms with Gasteiger partial charge in [-0.3, -0.25) is 10.1 Å². The quantitative estimate of drug-likeness (QED) is 0.494. The number of carbonyl (C=O) groups is 1. The highest BCUT2D eigenvalue weighted by atomic mass is 16.6. The molecule has 0 saturated heterocycles. The topological polar surface area (TPSA) is 102 Å². The van der Waals surface area contributed by atoms with Crippen LogP contribution < -0.4 is 5.32 Å². The zero-order chi connectivity index (χ0) is 16.8. The average Bonchev–Trinajstić information content (AvgIpc) is 2.37. The summed E-state index contributed by atoms with van der Waals surface area (Å²) in [6.45, 7) is 5.74. The number of carbonyl (C=O) groups excluding carboxylic acids is 1. The summed E-state index contributed by atoms with van der Waals surface area (Å²) in [6.07, 6.45) is 3.52. The number of nitro benzene ring substituents is 1. The van der Waals surface area contributed by atoms with Gasteiger partial charge in [0.25, 0.3) is 0 Å². The van der Waals surface area contributed by atoms with E-state index in [1.165, 1.54) is 12.1 Å². The molecule has 120 valence electrons. The van der Waals surface area contributed by atoms with Crippen molar-refractivity contribution in [1.29, 1.82) is 0 Å². The van der Waals surface area contributed by atoms with Crippen molar-refractivity contribution in [3.8, 4) is 5.75 Å². The smallest absolute Gasteiger partial charge is 0.407 e. The van der Waals surface area contributed by atoms with Crippen molar-refractivity contribution in [2.24, 2.45) is 0 Å². The van der Waals surface area contributed by atoms with Gasteiger partial charge in [0, 0.05) is 12.6 Å². The molecule has 0 aliphatic heterocycles. The number of phenolic OH excluding ortho intramolecular Hbond substituents is 1. The Morgan fingerprint density at radius 3 is 2.73 bits per heavy atom. The predicted molar refractivity (Wildman–Crippen MR) is 82.6 cm³/mol. The van der Waals surface area contributed by atoms with Crippen LogP contribution in [0.15, 0.2) is 24.3 Å². The molecule has 0 unspecified atom stereocenters. The van der Waals surface area contributed by atoms with Gasteiger partial charge in [-0.15, -0.1) is 0 Å². The van der Waals surface area contributed by atoms with Crippen LogP contribution in [0.4, 0.5) is 10.5 Å². The molecule has 0 aromatic heterocycles. The summed E-state index contributed by atoms with van der Waals surface area (Å²) >= 11 is 0. The zero-order valence-electron chi connectivity index (χ0n) is 12.8. The number of phenols is 1. The second-order valence-corrected chi connectivity index (χ2v) is 5.62. The van der Waals surface area contributed by atoms with Gasteiger partial charge in [-0.25, -0.2) is 4.79 Å². The number of nitro groups is 1. The molecule has 0 aliphatic rings. The summed E-state index contributed by atoms with van der Waals surface area (Å²) in [6, 6.07) is 4.13. The van der Waals surface area contributed by atoms with E-state index in [1.54, 1.807) is 39.0 Å². The van der Waals surface area contributed by atoms with E-state index in [-0.39, 0.29) is 11.4 Å². The summed E-state index contributed by atoms with van der Waals surface area (Å²) in [5, 5.41) is 22.6. The standard InChI is InChI=1S/C15H20N2O5/c1-15(2,3)22-14(19)16-9-5-4-6-11-7-8-13(18)12(10-11)17(20)21/h4,6-8,10,18H,5,9H2,1-3H3,(H,16,19). The van der Waals surface area contributed by atoms with Crippen LogP contribution in [0.2, 0.25) is 0 Å². The molecule has 7 heteroatoms. The van der Waals surface area contributed by atoms with Crippen LogP contribution in [-0.2, 0) is 4.74 Å². The first-order valence-corrected chi connectivity index (χ1v) is 6.80. The van der Waals surface area contributed by atoms with Gasteiger partial charge in [0.15, 0.2) is 5.75 Å². The van der Waals surface area contributed by atoms with Crippen molar-refractivity contribution in [3.63, 3.8) is 0 Å². The molecule has 0 bridgehead atoms. The molecule has 1 aromatic rings. The van der Waals surface area contributed by atoms with Crippen molar-refractivity contribution < 1.29 is 19.6 Å². The molecule has 0 heterocycles. The molecule has 0 saturated carbocycles. The fourth-order valence-corrected chi connectivity index (χ4v) is 1.58. The predicted octanol–water partition coefficient (Wildman–Crippen LogP) is 3.23. The number of aromatic hydroxyl groups is 1. The van der Waals surface area contributed by atoms with Gasteiger partial charge in [-0.2, -0.15) is 0 Å². The van der Waals surface area contributed by atoms with Crippen molar-refractivity contribution in [3.05, 3.63) is 40.0 Å². The van der Waals surface area contributed by atoms with Crippen molar-refractivity contribution >= 4 is 17.9 Å². The van der Waals surface area contributed by atoms with Gasteiger partial charge in [0.05, 0.1) is 4.92 Å². The Morgan fingerprint density at radius 1 is 1.45 bits per heavy atom. The SMILES string of the molecule is CC(C)(C)OC(=O)NCCC=Cc1ccc(O)c([N+](=O)[O-])c1. The minimum absolute atomic E-state index is 0.339. The van der Waals surface area contributed by atoms with Crippen LogP contribution >= 0.6 is 0 Å². The first kappa shape index (κ1) is 17.5. The third-order valence-electron chi connectivity index (χ3n) is 2.49. The van der Waals surface area contributed by atoms with Gasteiger partial charge in [0.2, 0.25) is 0 Å². The monoisotopic (exact) mass is 308 g/mol. The number of rotatable bonds is 5. The number of amides is 1. The molecule has 0 aliphatic carbocycles. The maximum absolute atomic E-state index is 11.4. The van der Waals surface area contributed by atoms with Crippen molar-refractivity contribution in [2.75, 3.05) is 6.54 Å². The molecule has 22 heavy (non-hydrogen) atoms. The van der Waals surface area contributed by atoms with E-state index in [0.717, 1.165) is 0 Å². The molecular weight excluding hydrogens is 288 g/mol. The van der Waals surface area contributed by atoms with Gasteiger partial charge in [-0.1, -0.05) is 18.2 Å². The Hall–Kier alpha value is -2.57. The van der Waals surface area contributed by atoms with Crippen LogP contribution in [0, 0.1) is 10.1 Å². The van der Waals surface area contributed by atoms with Crippen molar-refractivity contribution in [2.45, 2.75) is 32.8 Å². The lowest BCUT2D eigenvalue weighted by Gasteiger charge is -2.19. The molecule has 1 aromatic carbocycles. The highest BCUT2D eigenvalue weighted by Gasteiger charge is 2.15. The number of nitrogens with zero attached hydrogens (tertiary/aromatic N) is 1.